The van der Waals surface area contributed by atoms with E-state index in [1.165, 1.54) is 5.56 Å². The summed E-state index contributed by atoms with van der Waals surface area (Å²) >= 11 is 0. The summed E-state index contributed by atoms with van der Waals surface area (Å²) in [5.74, 6) is 1.65. The number of nitrogens with zero attached hydrogens (tertiary/aromatic N) is 1. The van der Waals surface area contributed by atoms with Crippen LogP contribution in [0.4, 0.5) is 0 Å². The second-order valence-electron chi connectivity index (χ2n) is 4.71. The second-order valence-corrected chi connectivity index (χ2v) is 4.71. The van der Waals surface area contributed by atoms with Gasteiger partial charge in [-0.25, -0.2) is 0 Å². The van der Waals surface area contributed by atoms with Gasteiger partial charge >= 0.3 is 0 Å². The predicted octanol–water partition coefficient (Wildman–Crippen LogP) is 3.10. The van der Waals surface area contributed by atoms with Gasteiger partial charge in [-0.3, -0.25) is 4.99 Å². The van der Waals surface area contributed by atoms with Gasteiger partial charge in [0.1, 0.15) is 11.5 Å². The molecule has 2 aromatic rings. The van der Waals surface area contributed by atoms with Crippen molar-refractivity contribution >= 4 is 5.71 Å². The van der Waals surface area contributed by atoms with Gasteiger partial charge in [0.05, 0.1) is 19.9 Å². The number of aliphatic imine (C=N–C) groups is 1. The van der Waals surface area contributed by atoms with Crippen molar-refractivity contribution in [3.63, 3.8) is 0 Å². The molecular weight excluding hydrogens is 250 g/mol. The third-order valence-corrected chi connectivity index (χ3v) is 3.55. The molecule has 102 valence electrons. The summed E-state index contributed by atoms with van der Waals surface area (Å²) < 4.78 is 10.9. The molecule has 1 aliphatic rings. The van der Waals surface area contributed by atoms with E-state index in [1.807, 2.05) is 24.3 Å². The lowest BCUT2D eigenvalue weighted by Crippen LogP contribution is -2.15. The second kappa shape index (κ2) is 5.37. The normalized spacial score (nSPS) is 13.4. The summed E-state index contributed by atoms with van der Waals surface area (Å²) in [6.07, 6.45) is 0.916. The van der Waals surface area contributed by atoms with Crippen LogP contribution in [0.15, 0.2) is 47.5 Å². The number of hydrogen-bond acceptors (Lipinski definition) is 3. The predicted molar refractivity (Wildman–Crippen MR) is 80.2 cm³/mol. The first-order chi connectivity index (χ1) is 9.83. The SMILES string of the molecule is COc1cc2c(c(OC)c1)C(c1ccccc1)=NCC2. The fraction of sp³-hybridized carbons (Fsp3) is 0.235. The molecule has 0 aromatic heterocycles. The van der Waals surface area contributed by atoms with Crippen LogP contribution >= 0.6 is 0 Å². The summed E-state index contributed by atoms with van der Waals surface area (Å²) in [6, 6.07) is 14.2. The first-order valence-corrected chi connectivity index (χ1v) is 6.68. The Morgan fingerprint density at radius 2 is 1.80 bits per heavy atom. The van der Waals surface area contributed by atoms with Gasteiger partial charge in [0.2, 0.25) is 0 Å². The molecule has 3 nitrogen and oxygen atoms in total. The molecule has 1 heterocycles. The molecule has 20 heavy (non-hydrogen) atoms. The monoisotopic (exact) mass is 267 g/mol. The minimum atomic E-state index is 0.799. The van der Waals surface area contributed by atoms with Crippen LogP contribution in [0.2, 0.25) is 0 Å². The minimum Gasteiger partial charge on any atom is -0.497 e. The van der Waals surface area contributed by atoms with Gasteiger partial charge in [-0.2, -0.15) is 0 Å². The summed E-state index contributed by atoms with van der Waals surface area (Å²) in [7, 11) is 3.36. The highest BCUT2D eigenvalue weighted by Crippen LogP contribution is 2.33. The highest BCUT2D eigenvalue weighted by molar-refractivity contribution is 6.16. The zero-order valence-corrected chi connectivity index (χ0v) is 11.7. The van der Waals surface area contributed by atoms with Gasteiger partial charge in [-0.1, -0.05) is 30.3 Å². The lowest BCUT2D eigenvalue weighted by molar-refractivity contribution is 0.392. The molecule has 0 unspecified atom stereocenters. The summed E-state index contributed by atoms with van der Waals surface area (Å²) in [4.78, 5) is 4.70. The van der Waals surface area contributed by atoms with Gasteiger partial charge < -0.3 is 9.47 Å². The van der Waals surface area contributed by atoms with E-state index < -0.39 is 0 Å². The van der Waals surface area contributed by atoms with Crippen LogP contribution in [0.1, 0.15) is 16.7 Å². The molecule has 0 bridgehead atoms. The van der Waals surface area contributed by atoms with E-state index in [0.29, 0.717) is 0 Å². The fourth-order valence-corrected chi connectivity index (χ4v) is 2.59. The third-order valence-electron chi connectivity index (χ3n) is 3.55. The molecule has 0 fully saturated rings. The summed E-state index contributed by atoms with van der Waals surface area (Å²) in [5, 5.41) is 0. The van der Waals surface area contributed by atoms with Crippen molar-refractivity contribution in [3.8, 4) is 11.5 Å². The molecule has 0 aliphatic carbocycles. The molecule has 1 aliphatic heterocycles. The Bertz CT molecular complexity index is 648. The van der Waals surface area contributed by atoms with E-state index in [4.69, 9.17) is 14.5 Å². The molecule has 2 aromatic carbocycles. The van der Waals surface area contributed by atoms with E-state index in [2.05, 4.69) is 18.2 Å². The lowest BCUT2D eigenvalue weighted by Gasteiger charge is -2.21. The first-order valence-electron chi connectivity index (χ1n) is 6.68. The van der Waals surface area contributed by atoms with Gasteiger partial charge in [0, 0.05) is 23.7 Å². The first kappa shape index (κ1) is 12.7. The molecule has 0 N–H and O–H groups in total. The number of ether oxygens (including phenoxy) is 2. The van der Waals surface area contributed by atoms with Crippen LogP contribution in [-0.2, 0) is 6.42 Å². The molecule has 0 saturated carbocycles. The third kappa shape index (κ3) is 2.16. The number of rotatable bonds is 3. The van der Waals surface area contributed by atoms with E-state index in [1.54, 1.807) is 14.2 Å². The van der Waals surface area contributed by atoms with Crippen LogP contribution in [0.5, 0.6) is 11.5 Å². The molecule has 3 heteroatoms. The van der Waals surface area contributed by atoms with Crippen LogP contribution in [0.25, 0.3) is 0 Å². The fourth-order valence-electron chi connectivity index (χ4n) is 2.59. The van der Waals surface area contributed by atoms with Crippen LogP contribution in [-0.4, -0.2) is 26.5 Å². The standard InChI is InChI=1S/C17H17NO2/c1-19-14-10-13-8-9-18-17(12-6-4-3-5-7-12)16(13)15(11-14)20-2/h3-7,10-11H,8-9H2,1-2H3. The number of fused-ring (bicyclic) bond motifs is 1. The Morgan fingerprint density at radius 1 is 1.00 bits per heavy atom. The Kier molecular flexibility index (Phi) is 3.42. The Balaban J connectivity index is 2.17. The van der Waals surface area contributed by atoms with Crippen molar-refractivity contribution in [1.29, 1.82) is 0 Å². The zero-order valence-electron chi connectivity index (χ0n) is 11.7. The minimum absolute atomic E-state index is 0.799. The lowest BCUT2D eigenvalue weighted by atomic mass is 9.92. The number of hydrogen-bond donors (Lipinski definition) is 0. The highest BCUT2D eigenvalue weighted by atomic mass is 16.5. The van der Waals surface area contributed by atoms with Gasteiger partial charge in [-0.15, -0.1) is 0 Å². The van der Waals surface area contributed by atoms with Crippen LogP contribution < -0.4 is 9.47 Å². The van der Waals surface area contributed by atoms with Crippen molar-refractivity contribution in [2.75, 3.05) is 20.8 Å². The van der Waals surface area contributed by atoms with Crippen molar-refractivity contribution in [3.05, 3.63) is 59.2 Å². The average Bonchev–Trinajstić information content (AvgIpc) is 2.53. The molecule has 0 atom stereocenters. The Morgan fingerprint density at radius 3 is 2.50 bits per heavy atom. The van der Waals surface area contributed by atoms with Crippen LogP contribution in [0, 0.1) is 0 Å². The molecule has 0 spiro atoms. The van der Waals surface area contributed by atoms with Gasteiger partial charge in [-0.05, 0) is 18.1 Å². The smallest absolute Gasteiger partial charge is 0.132 e. The molecule has 3 rings (SSSR count). The maximum atomic E-state index is 5.55. The maximum Gasteiger partial charge on any atom is 0.132 e. The van der Waals surface area contributed by atoms with Crippen molar-refractivity contribution < 1.29 is 9.47 Å². The molecular formula is C17H17NO2. The van der Waals surface area contributed by atoms with Crippen molar-refractivity contribution in [1.82, 2.24) is 0 Å². The largest absolute Gasteiger partial charge is 0.497 e. The number of benzene rings is 2. The molecule has 0 saturated heterocycles. The Hall–Kier alpha value is -2.29. The van der Waals surface area contributed by atoms with E-state index in [-0.39, 0.29) is 0 Å². The quantitative estimate of drug-likeness (QED) is 0.855. The van der Waals surface area contributed by atoms with E-state index in [0.717, 1.165) is 41.3 Å². The molecule has 0 amide bonds. The summed E-state index contributed by atoms with van der Waals surface area (Å²) in [6.45, 7) is 0.799. The van der Waals surface area contributed by atoms with Gasteiger partial charge in [0.15, 0.2) is 0 Å². The van der Waals surface area contributed by atoms with Crippen molar-refractivity contribution in [2.24, 2.45) is 4.99 Å². The van der Waals surface area contributed by atoms with E-state index in [9.17, 15) is 0 Å². The zero-order chi connectivity index (χ0) is 13.9. The number of methoxy groups -OCH3 is 2. The van der Waals surface area contributed by atoms with Gasteiger partial charge in [0.25, 0.3) is 0 Å². The van der Waals surface area contributed by atoms with Crippen molar-refractivity contribution in [2.45, 2.75) is 6.42 Å². The average molecular weight is 267 g/mol. The van der Waals surface area contributed by atoms with E-state index >= 15 is 0 Å². The highest BCUT2D eigenvalue weighted by Gasteiger charge is 2.21. The molecule has 0 radical (unpaired) electrons. The summed E-state index contributed by atoms with van der Waals surface area (Å²) in [5.41, 5.74) is 4.45. The van der Waals surface area contributed by atoms with Crippen LogP contribution in [0.3, 0.4) is 0 Å². The maximum absolute atomic E-state index is 5.55. The topological polar surface area (TPSA) is 30.8 Å². The Labute approximate surface area is 118 Å².